The third-order valence-corrected chi connectivity index (χ3v) is 9.21. The highest BCUT2D eigenvalue weighted by molar-refractivity contribution is 7.98. The molecule has 2 aromatic carbocycles. The van der Waals surface area contributed by atoms with Crippen LogP contribution in [0.4, 0.5) is 5.82 Å². The molecule has 0 saturated heterocycles. The molecule has 2 aromatic heterocycles. The molecular weight excluding hydrogens is 720 g/mol. The van der Waals surface area contributed by atoms with E-state index in [2.05, 4.69) is 27.4 Å². The number of amides is 1. The first-order valence-corrected chi connectivity index (χ1v) is 17.3. The van der Waals surface area contributed by atoms with E-state index >= 15 is 0 Å². The average Bonchev–Trinajstić information content (AvgIpc) is 3.59. The van der Waals surface area contributed by atoms with E-state index in [-0.39, 0.29) is 49.4 Å². The molecule has 0 aliphatic heterocycles. The van der Waals surface area contributed by atoms with Gasteiger partial charge in [-0.1, -0.05) is 47.6 Å². The molecule has 4 aromatic rings. The van der Waals surface area contributed by atoms with Gasteiger partial charge in [0.05, 0.1) is 17.7 Å². The number of esters is 1. The number of anilines is 1. The number of hydrogen-bond acceptors (Lipinski definition) is 13. The van der Waals surface area contributed by atoms with E-state index in [4.69, 9.17) is 31.9 Å². The number of carboxylic acid groups (broad SMARTS) is 2. The van der Waals surface area contributed by atoms with E-state index in [9.17, 15) is 34.8 Å². The molecule has 5 N–H and O–H groups in total. The first kappa shape index (κ1) is 38.1. The largest absolute Gasteiger partial charge is 0.490 e. The zero-order valence-corrected chi connectivity index (χ0v) is 29.0. The van der Waals surface area contributed by atoms with Crippen LogP contribution in [-0.4, -0.2) is 63.3 Å². The van der Waals surface area contributed by atoms with Crippen molar-refractivity contribution < 1.29 is 38.9 Å². The fourth-order valence-corrected chi connectivity index (χ4v) is 6.49. The van der Waals surface area contributed by atoms with Crippen LogP contribution in [0, 0.1) is 22.7 Å². The summed E-state index contributed by atoms with van der Waals surface area (Å²) in [6.07, 6.45) is -1.40. The van der Waals surface area contributed by atoms with Gasteiger partial charge in [0.2, 0.25) is 5.91 Å². The smallest absolute Gasteiger partial charge is 0.326 e. The van der Waals surface area contributed by atoms with Crippen LogP contribution in [0.1, 0.15) is 42.5 Å². The Morgan fingerprint density at radius 2 is 1.63 bits per heavy atom. The summed E-state index contributed by atoms with van der Waals surface area (Å²) in [5.74, 6) is -3.26. The van der Waals surface area contributed by atoms with E-state index in [1.54, 1.807) is 36.4 Å². The lowest BCUT2D eigenvalue weighted by molar-refractivity contribution is -0.146. The minimum absolute atomic E-state index is 0.0217. The Labute approximate surface area is 304 Å². The van der Waals surface area contributed by atoms with Gasteiger partial charge in [-0.25, -0.2) is 14.8 Å². The van der Waals surface area contributed by atoms with Gasteiger partial charge < -0.3 is 30.7 Å². The van der Waals surface area contributed by atoms with Crippen molar-refractivity contribution in [2.75, 3.05) is 18.9 Å². The molecule has 1 atom stereocenters. The molecule has 0 saturated carbocycles. The van der Waals surface area contributed by atoms with Crippen LogP contribution < -0.4 is 15.8 Å². The Kier molecular flexibility index (Phi) is 13.7. The van der Waals surface area contributed by atoms with E-state index < -0.39 is 36.3 Å². The van der Waals surface area contributed by atoms with Gasteiger partial charge in [-0.15, -0.1) is 11.3 Å². The number of rotatable bonds is 17. The van der Waals surface area contributed by atoms with E-state index in [0.717, 1.165) is 16.3 Å². The zero-order chi connectivity index (χ0) is 36.9. The highest BCUT2D eigenvalue weighted by Crippen LogP contribution is 2.37. The number of pyridine rings is 1. The van der Waals surface area contributed by atoms with Crippen LogP contribution in [0.3, 0.4) is 0 Å². The third-order valence-electron chi connectivity index (χ3n) is 7.01. The molecule has 4 rings (SSSR count). The molecule has 0 bridgehead atoms. The van der Waals surface area contributed by atoms with Gasteiger partial charge in [-0.3, -0.25) is 14.4 Å². The van der Waals surface area contributed by atoms with E-state index in [1.807, 2.05) is 17.5 Å². The summed E-state index contributed by atoms with van der Waals surface area (Å²) < 4.78 is 10.7. The summed E-state index contributed by atoms with van der Waals surface area (Å²) in [7, 11) is 0. The van der Waals surface area contributed by atoms with E-state index in [1.165, 1.54) is 23.1 Å². The average molecular weight is 749 g/mol. The molecule has 0 spiro atoms. The number of hydrogen-bond donors (Lipinski definition) is 4. The number of nitrogen functional groups attached to an aromatic ring is 1. The second-order valence-corrected chi connectivity index (χ2v) is 12.8. The number of thiazole rings is 1. The summed E-state index contributed by atoms with van der Waals surface area (Å²) in [6, 6.07) is 16.7. The molecule has 0 radical (unpaired) electrons. The summed E-state index contributed by atoms with van der Waals surface area (Å²) in [5, 5.41) is 43.9. The van der Waals surface area contributed by atoms with Crippen LogP contribution in [-0.2, 0) is 29.7 Å². The van der Waals surface area contributed by atoms with Gasteiger partial charge in [0, 0.05) is 40.1 Å². The van der Waals surface area contributed by atoms with Crippen molar-refractivity contribution in [1.29, 1.82) is 10.5 Å². The number of carboxylic acids is 2. The van der Waals surface area contributed by atoms with Gasteiger partial charge >= 0.3 is 17.9 Å². The van der Waals surface area contributed by atoms with Crippen molar-refractivity contribution in [2.24, 2.45) is 0 Å². The van der Waals surface area contributed by atoms with Crippen molar-refractivity contribution in [1.82, 2.24) is 15.3 Å². The lowest BCUT2D eigenvalue weighted by Gasteiger charge is -2.14. The molecule has 0 aliphatic rings. The molecule has 1 unspecified atom stereocenters. The maximum absolute atomic E-state index is 12.1. The summed E-state index contributed by atoms with van der Waals surface area (Å²) in [4.78, 5) is 54.9. The Morgan fingerprint density at radius 1 is 0.941 bits per heavy atom. The van der Waals surface area contributed by atoms with Crippen molar-refractivity contribution in [3.8, 4) is 39.6 Å². The quantitative estimate of drug-likeness (QED) is 0.0611. The van der Waals surface area contributed by atoms with Crippen molar-refractivity contribution >= 4 is 64.3 Å². The number of thioether (sulfide) groups is 1. The SMILES string of the molecule is N#Cc1c(N)nc(SCc2csc(-c3ccc(Cl)cc3)n2)c(C#N)c1-c1ccc(OCCOC(=O)CCC(NC(=O)CCC(=O)O)C(=O)O)cc1. The molecule has 14 nitrogen and oxygen atoms in total. The monoisotopic (exact) mass is 748 g/mol. The number of nitrogens with two attached hydrogens (primary N) is 1. The summed E-state index contributed by atoms with van der Waals surface area (Å²) in [6.45, 7) is -0.187. The molecule has 17 heteroatoms. The number of aromatic nitrogens is 2. The standard InChI is InChI=1S/C34H29ClN6O8S2/c35-21-5-1-20(2-6-21)32-39-22(17-50-32)18-51-33-25(16-37)30(24(15-36)31(38)41-33)19-3-7-23(8-4-19)48-13-14-49-29(45)12-9-26(34(46)47)40-27(42)10-11-28(43)44/h1-8,17,26H,9-14,18H2,(H2,38,41)(H,40,42)(H,43,44)(H,46,47). The molecule has 2 heterocycles. The maximum atomic E-state index is 12.1. The second-order valence-electron chi connectivity index (χ2n) is 10.6. The Morgan fingerprint density at radius 3 is 2.27 bits per heavy atom. The number of aliphatic carboxylic acids is 2. The van der Waals surface area contributed by atoms with Gasteiger partial charge in [0.1, 0.15) is 58.6 Å². The number of nitrogens with zero attached hydrogens (tertiary/aromatic N) is 4. The predicted molar refractivity (Wildman–Crippen MR) is 188 cm³/mol. The topological polar surface area (TPSA) is 239 Å². The zero-order valence-electron chi connectivity index (χ0n) is 26.6. The van der Waals surface area contributed by atoms with Gasteiger partial charge in [0.15, 0.2) is 0 Å². The number of halogens is 1. The predicted octanol–water partition coefficient (Wildman–Crippen LogP) is 5.28. The number of nitrogens with one attached hydrogen (secondary N) is 1. The fraction of sp³-hybridized carbons (Fsp3) is 0.235. The van der Waals surface area contributed by atoms with Crippen LogP contribution in [0.25, 0.3) is 21.7 Å². The van der Waals surface area contributed by atoms with Gasteiger partial charge in [-0.2, -0.15) is 10.5 Å². The highest BCUT2D eigenvalue weighted by Gasteiger charge is 2.23. The fourth-order valence-electron chi connectivity index (χ4n) is 4.54. The third kappa shape index (κ3) is 10.9. The molecule has 1 amide bonds. The first-order valence-electron chi connectivity index (χ1n) is 15.1. The highest BCUT2D eigenvalue weighted by atomic mass is 35.5. The molecular formula is C34H29ClN6O8S2. The number of carbonyl (C=O) groups is 4. The minimum atomic E-state index is -1.38. The summed E-state index contributed by atoms with van der Waals surface area (Å²) in [5.41, 5.74) is 8.97. The lowest BCUT2D eigenvalue weighted by atomic mass is 9.97. The number of nitriles is 2. The van der Waals surface area contributed by atoms with Crippen LogP contribution in [0.5, 0.6) is 5.75 Å². The van der Waals surface area contributed by atoms with Crippen LogP contribution in [0.2, 0.25) is 5.02 Å². The Hall–Kier alpha value is -5.68. The Bertz CT molecular complexity index is 1990. The molecule has 51 heavy (non-hydrogen) atoms. The first-order chi connectivity index (χ1) is 24.5. The second kappa shape index (κ2) is 18.4. The molecule has 0 aliphatic carbocycles. The maximum Gasteiger partial charge on any atom is 0.326 e. The van der Waals surface area contributed by atoms with Crippen molar-refractivity contribution in [3.63, 3.8) is 0 Å². The summed E-state index contributed by atoms with van der Waals surface area (Å²) >= 11 is 8.75. The normalized spacial score (nSPS) is 11.1. The van der Waals surface area contributed by atoms with Crippen molar-refractivity contribution in [3.05, 3.63) is 75.8 Å². The van der Waals surface area contributed by atoms with Gasteiger partial charge in [0.25, 0.3) is 0 Å². The number of benzene rings is 2. The lowest BCUT2D eigenvalue weighted by Crippen LogP contribution is -2.41. The number of ether oxygens (including phenoxy) is 2. The van der Waals surface area contributed by atoms with Crippen LogP contribution in [0.15, 0.2) is 58.9 Å². The number of carbonyl (C=O) groups excluding carboxylic acids is 2. The van der Waals surface area contributed by atoms with Crippen molar-refractivity contribution in [2.45, 2.75) is 42.5 Å². The molecule has 0 fully saturated rings. The van der Waals surface area contributed by atoms with E-state index in [0.29, 0.717) is 32.7 Å². The van der Waals surface area contributed by atoms with Gasteiger partial charge in [-0.05, 0) is 36.2 Å². The molecule has 262 valence electrons. The Balaban J connectivity index is 1.33. The minimum Gasteiger partial charge on any atom is -0.490 e. The van der Waals surface area contributed by atoms with Crippen LogP contribution >= 0.6 is 34.7 Å².